The monoisotopic (exact) mass is 491 g/mol. The zero-order valence-electron chi connectivity index (χ0n) is 21.1. The molecule has 1 saturated carbocycles. The van der Waals surface area contributed by atoms with Crippen molar-refractivity contribution in [2.24, 2.45) is 17.1 Å². The van der Waals surface area contributed by atoms with Gasteiger partial charge in [0.15, 0.2) is 0 Å². The van der Waals surface area contributed by atoms with Crippen molar-refractivity contribution in [1.29, 1.82) is 0 Å². The number of nitrogens with zero attached hydrogens (tertiary/aromatic N) is 1. The number of ether oxygens (including phenoxy) is 1. The van der Waals surface area contributed by atoms with Gasteiger partial charge in [-0.05, 0) is 88.4 Å². The molecule has 1 aromatic rings. The smallest absolute Gasteiger partial charge is 0.408 e. The van der Waals surface area contributed by atoms with E-state index in [0.29, 0.717) is 37.0 Å². The van der Waals surface area contributed by atoms with Crippen LogP contribution in [-0.2, 0) is 16.0 Å². The molecule has 2 amide bonds. The number of hydrogen-bond donors (Lipinski definition) is 2. The Morgan fingerprint density at radius 1 is 1.15 bits per heavy atom. The van der Waals surface area contributed by atoms with Crippen LogP contribution in [0.3, 0.4) is 0 Å². The minimum Gasteiger partial charge on any atom is -0.444 e. The first-order valence-electron chi connectivity index (χ1n) is 12.8. The number of piperidine rings is 1. The quantitative estimate of drug-likeness (QED) is 0.541. The number of rotatable bonds is 7. The molecule has 3 rings (SSSR count). The Morgan fingerprint density at radius 2 is 1.76 bits per heavy atom. The number of carbonyl (C=O) groups excluding carboxylic acids is 2. The van der Waals surface area contributed by atoms with Gasteiger partial charge < -0.3 is 20.7 Å². The Bertz CT molecular complexity index is 807. The highest BCUT2D eigenvalue weighted by atomic mass is 35.5. The summed E-state index contributed by atoms with van der Waals surface area (Å²) in [5.74, 6) is 0.664. The molecule has 1 atom stereocenters. The average molecular weight is 492 g/mol. The molecule has 6 nitrogen and oxygen atoms in total. The third-order valence-electron chi connectivity index (χ3n) is 7.53. The summed E-state index contributed by atoms with van der Waals surface area (Å²) < 4.78 is 5.45. The van der Waals surface area contributed by atoms with E-state index in [1.54, 1.807) is 12.1 Å². The molecule has 2 fully saturated rings. The zero-order chi connectivity index (χ0) is 24.8. The molecule has 1 aromatic carbocycles. The van der Waals surface area contributed by atoms with E-state index >= 15 is 0 Å². The van der Waals surface area contributed by atoms with E-state index in [1.165, 1.54) is 32.1 Å². The lowest BCUT2D eigenvalue weighted by atomic mass is 9.62. The molecule has 0 spiro atoms. The van der Waals surface area contributed by atoms with Crippen molar-refractivity contribution >= 4 is 23.6 Å². The lowest BCUT2D eigenvalue weighted by Crippen LogP contribution is -2.54. The van der Waals surface area contributed by atoms with E-state index < -0.39 is 17.7 Å². The van der Waals surface area contributed by atoms with Crippen molar-refractivity contribution in [1.82, 2.24) is 10.2 Å². The first-order chi connectivity index (χ1) is 16.1. The second-order valence-electron chi connectivity index (χ2n) is 11.1. The molecule has 3 N–H and O–H groups in total. The SMILES string of the molecule is CC(C)(C)OC(=O)NC(Cc1ccc(Cl)cc1)C(=O)N1CCC(CCN)(C2CCCCC2)CC1. The summed E-state index contributed by atoms with van der Waals surface area (Å²) in [5, 5.41) is 3.48. The summed E-state index contributed by atoms with van der Waals surface area (Å²) in [6, 6.07) is 6.71. The molecule has 1 heterocycles. The van der Waals surface area contributed by atoms with Gasteiger partial charge >= 0.3 is 6.09 Å². The predicted molar refractivity (Wildman–Crippen MR) is 137 cm³/mol. The molecule has 34 heavy (non-hydrogen) atoms. The third kappa shape index (κ3) is 7.35. The van der Waals surface area contributed by atoms with Gasteiger partial charge in [0, 0.05) is 24.5 Å². The average Bonchev–Trinajstić information content (AvgIpc) is 2.79. The van der Waals surface area contributed by atoms with Crippen LogP contribution in [0.1, 0.15) is 77.7 Å². The number of halogens is 1. The highest BCUT2D eigenvalue weighted by Crippen LogP contribution is 2.48. The van der Waals surface area contributed by atoms with Gasteiger partial charge in [0.1, 0.15) is 11.6 Å². The number of nitrogens with two attached hydrogens (primary N) is 1. The number of nitrogens with one attached hydrogen (secondary N) is 1. The van der Waals surface area contributed by atoms with Crippen LogP contribution in [0.15, 0.2) is 24.3 Å². The molecule has 1 aliphatic heterocycles. The summed E-state index contributed by atoms with van der Waals surface area (Å²) in [7, 11) is 0. The zero-order valence-corrected chi connectivity index (χ0v) is 21.8. The maximum absolute atomic E-state index is 13.6. The lowest BCUT2D eigenvalue weighted by molar-refractivity contribution is -0.136. The van der Waals surface area contributed by atoms with E-state index in [0.717, 1.165) is 24.8 Å². The first-order valence-corrected chi connectivity index (χ1v) is 13.2. The topological polar surface area (TPSA) is 84.7 Å². The summed E-state index contributed by atoms with van der Waals surface area (Å²) in [5.41, 5.74) is 6.60. The van der Waals surface area contributed by atoms with E-state index in [1.807, 2.05) is 37.8 Å². The van der Waals surface area contributed by atoms with Crippen LogP contribution in [0.4, 0.5) is 4.79 Å². The van der Waals surface area contributed by atoms with Crippen molar-refractivity contribution in [2.75, 3.05) is 19.6 Å². The second kappa shape index (κ2) is 11.8. The number of amides is 2. The molecule has 0 bridgehead atoms. The van der Waals surface area contributed by atoms with Crippen LogP contribution in [0, 0.1) is 11.3 Å². The van der Waals surface area contributed by atoms with Gasteiger partial charge in [0.2, 0.25) is 5.91 Å². The lowest BCUT2D eigenvalue weighted by Gasteiger charge is -2.48. The molecule has 0 radical (unpaired) electrons. The van der Waals surface area contributed by atoms with Crippen molar-refractivity contribution in [3.63, 3.8) is 0 Å². The molecule has 1 unspecified atom stereocenters. The standard InChI is InChI=1S/C27H42ClN3O3/c1-26(2,3)34-25(33)30-23(19-20-9-11-22(28)12-10-20)24(32)31-17-14-27(13-16-29,15-18-31)21-7-5-4-6-8-21/h9-12,21,23H,4-8,13-19,29H2,1-3H3,(H,30,33). The predicted octanol–water partition coefficient (Wildman–Crippen LogP) is 5.31. The Morgan fingerprint density at radius 3 is 2.32 bits per heavy atom. The maximum Gasteiger partial charge on any atom is 0.408 e. The minimum atomic E-state index is -0.687. The molecule has 2 aliphatic rings. The van der Waals surface area contributed by atoms with Crippen LogP contribution < -0.4 is 11.1 Å². The van der Waals surface area contributed by atoms with Crippen LogP contribution in [0.25, 0.3) is 0 Å². The van der Waals surface area contributed by atoms with Crippen molar-refractivity contribution < 1.29 is 14.3 Å². The molecular formula is C27H42ClN3O3. The van der Waals surface area contributed by atoms with Crippen LogP contribution in [0.5, 0.6) is 0 Å². The number of hydrogen-bond acceptors (Lipinski definition) is 4. The van der Waals surface area contributed by atoms with Crippen molar-refractivity contribution in [3.8, 4) is 0 Å². The number of carbonyl (C=O) groups is 2. The molecule has 0 aromatic heterocycles. The van der Waals surface area contributed by atoms with Crippen molar-refractivity contribution in [3.05, 3.63) is 34.9 Å². The highest BCUT2D eigenvalue weighted by Gasteiger charge is 2.42. The van der Waals surface area contributed by atoms with Crippen LogP contribution >= 0.6 is 11.6 Å². The van der Waals surface area contributed by atoms with Crippen LogP contribution in [0.2, 0.25) is 5.02 Å². The van der Waals surface area contributed by atoms with Gasteiger partial charge in [-0.2, -0.15) is 0 Å². The summed E-state index contributed by atoms with van der Waals surface area (Å²) in [6.07, 6.45) is 9.35. The fourth-order valence-corrected chi connectivity index (χ4v) is 5.89. The normalized spacial score (nSPS) is 20.0. The fraction of sp³-hybridized carbons (Fsp3) is 0.704. The highest BCUT2D eigenvalue weighted by molar-refractivity contribution is 6.30. The van der Waals surface area contributed by atoms with Gasteiger partial charge in [-0.25, -0.2) is 4.79 Å². The molecule has 7 heteroatoms. The van der Waals surface area contributed by atoms with Crippen LogP contribution in [-0.4, -0.2) is 48.2 Å². The Hall–Kier alpha value is -1.79. The van der Waals surface area contributed by atoms with E-state index in [-0.39, 0.29) is 11.3 Å². The van der Waals surface area contributed by atoms with Gasteiger partial charge in [-0.3, -0.25) is 4.79 Å². The first kappa shape index (κ1) is 26.8. The number of alkyl carbamates (subject to hydrolysis) is 1. The van der Waals surface area contributed by atoms with Gasteiger partial charge in [-0.15, -0.1) is 0 Å². The van der Waals surface area contributed by atoms with E-state index in [9.17, 15) is 9.59 Å². The summed E-state index contributed by atoms with van der Waals surface area (Å²) in [4.78, 5) is 28.1. The Kier molecular flexibility index (Phi) is 9.27. The van der Waals surface area contributed by atoms with E-state index in [4.69, 9.17) is 22.1 Å². The minimum absolute atomic E-state index is 0.0502. The Balaban J connectivity index is 1.70. The third-order valence-corrected chi connectivity index (χ3v) is 7.78. The van der Waals surface area contributed by atoms with E-state index in [2.05, 4.69) is 5.32 Å². The molecule has 190 valence electrons. The summed E-state index contributed by atoms with van der Waals surface area (Å²) in [6.45, 7) is 7.56. The maximum atomic E-state index is 13.6. The summed E-state index contributed by atoms with van der Waals surface area (Å²) >= 11 is 6.03. The number of likely N-dealkylation sites (tertiary alicyclic amines) is 1. The fourth-order valence-electron chi connectivity index (χ4n) is 5.76. The number of benzene rings is 1. The Labute approximate surface area is 209 Å². The van der Waals surface area contributed by atoms with Gasteiger partial charge in [-0.1, -0.05) is 43.0 Å². The molecule has 1 aliphatic carbocycles. The van der Waals surface area contributed by atoms with Crippen molar-refractivity contribution in [2.45, 2.75) is 90.2 Å². The molecular weight excluding hydrogens is 450 g/mol. The molecule has 1 saturated heterocycles. The second-order valence-corrected chi connectivity index (χ2v) is 11.5. The van der Waals surface area contributed by atoms with Gasteiger partial charge in [0.05, 0.1) is 0 Å². The van der Waals surface area contributed by atoms with Gasteiger partial charge in [0.25, 0.3) is 0 Å². The largest absolute Gasteiger partial charge is 0.444 e.